The van der Waals surface area contributed by atoms with Crippen molar-refractivity contribution in [3.63, 3.8) is 0 Å². The van der Waals surface area contributed by atoms with Gasteiger partial charge in [0.25, 0.3) is 0 Å². The molecule has 0 saturated heterocycles. The predicted molar refractivity (Wildman–Crippen MR) is 63.0 cm³/mol. The van der Waals surface area contributed by atoms with E-state index in [0.717, 1.165) is 24.0 Å². The molecule has 10 heteroatoms. The number of pyridine rings is 1. The number of nitro groups is 1. The fourth-order valence-corrected chi connectivity index (χ4v) is 2.09. The number of nitrogens with zero attached hydrogens (tertiary/aromatic N) is 5. The van der Waals surface area contributed by atoms with Crippen molar-refractivity contribution >= 4 is 23.5 Å². The second-order valence-corrected chi connectivity index (χ2v) is 4.38. The van der Waals surface area contributed by atoms with Gasteiger partial charge >= 0.3 is 11.8 Å². The summed E-state index contributed by atoms with van der Waals surface area (Å²) in [6, 6.07) is 0.918. The molecule has 2 aromatic heterocycles. The van der Waals surface area contributed by atoms with Crippen molar-refractivity contribution in [1.82, 2.24) is 19.7 Å². The molecule has 0 bridgehead atoms. The van der Waals surface area contributed by atoms with Crippen LogP contribution in [-0.2, 0) is 7.05 Å². The van der Waals surface area contributed by atoms with Crippen LogP contribution >= 0.6 is 11.8 Å². The number of hydrogen-bond donors (Lipinski definition) is 1. The molecular formula is C9H7N5O4S. The maximum Gasteiger partial charge on any atom is 0.364 e. The van der Waals surface area contributed by atoms with Crippen molar-refractivity contribution in [3.05, 3.63) is 34.3 Å². The first-order chi connectivity index (χ1) is 8.99. The highest BCUT2D eigenvalue weighted by atomic mass is 32.2. The molecule has 0 amide bonds. The van der Waals surface area contributed by atoms with E-state index in [-0.39, 0.29) is 10.5 Å². The normalized spacial score (nSPS) is 10.4. The first-order valence-corrected chi connectivity index (χ1v) is 5.70. The first kappa shape index (κ1) is 13.0. The molecule has 0 aliphatic carbocycles. The Bertz CT molecular complexity index is 656. The van der Waals surface area contributed by atoms with Crippen LogP contribution in [0.5, 0.6) is 0 Å². The summed E-state index contributed by atoms with van der Waals surface area (Å²) in [7, 11) is 1.65. The summed E-state index contributed by atoms with van der Waals surface area (Å²) in [6.07, 6.45) is 2.46. The summed E-state index contributed by atoms with van der Waals surface area (Å²) in [5, 5.41) is 23.9. The Labute approximate surface area is 110 Å². The standard InChI is InChI=1S/C9H7N5O4S/c1-13-9(11-4-12-13)19-6-3-10-7(14(17)18)2-5(6)8(15)16/h2-4H,1H3,(H,15,16). The van der Waals surface area contributed by atoms with E-state index < -0.39 is 16.7 Å². The molecule has 1 N–H and O–H groups in total. The molecule has 0 aliphatic heterocycles. The van der Waals surface area contributed by atoms with Crippen molar-refractivity contribution in [2.45, 2.75) is 10.1 Å². The zero-order valence-corrected chi connectivity index (χ0v) is 10.4. The third-order valence-electron chi connectivity index (χ3n) is 2.14. The largest absolute Gasteiger partial charge is 0.478 e. The average Bonchev–Trinajstić information content (AvgIpc) is 2.75. The zero-order valence-electron chi connectivity index (χ0n) is 9.55. The maximum atomic E-state index is 11.1. The van der Waals surface area contributed by atoms with Crippen LogP contribution in [0.2, 0.25) is 0 Å². The maximum absolute atomic E-state index is 11.1. The Morgan fingerprint density at radius 1 is 1.53 bits per heavy atom. The van der Waals surface area contributed by atoms with Crippen LogP contribution in [0.3, 0.4) is 0 Å². The lowest BCUT2D eigenvalue weighted by atomic mass is 10.2. The molecule has 98 valence electrons. The number of aromatic carboxylic acids is 1. The van der Waals surface area contributed by atoms with Gasteiger partial charge in [0, 0.05) is 7.05 Å². The number of carbonyl (C=O) groups is 1. The van der Waals surface area contributed by atoms with Gasteiger partial charge in [-0.3, -0.25) is 0 Å². The summed E-state index contributed by atoms with van der Waals surface area (Å²) < 4.78 is 1.46. The van der Waals surface area contributed by atoms with Gasteiger partial charge in [-0.25, -0.2) is 14.5 Å². The fraction of sp³-hybridized carbons (Fsp3) is 0.111. The Kier molecular flexibility index (Phi) is 3.42. The van der Waals surface area contributed by atoms with E-state index in [2.05, 4.69) is 15.1 Å². The van der Waals surface area contributed by atoms with Crippen LogP contribution in [0.15, 0.2) is 28.6 Å². The lowest BCUT2D eigenvalue weighted by molar-refractivity contribution is -0.389. The van der Waals surface area contributed by atoms with Crippen molar-refractivity contribution < 1.29 is 14.8 Å². The first-order valence-electron chi connectivity index (χ1n) is 4.88. The van der Waals surface area contributed by atoms with Gasteiger partial charge in [0.05, 0.1) is 16.5 Å². The molecule has 0 spiro atoms. The lowest BCUT2D eigenvalue weighted by Crippen LogP contribution is -2.03. The molecule has 0 unspecified atom stereocenters. The Morgan fingerprint density at radius 2 is 2.26 bits per heavy atom. The highest BCUT2D eigenvalue weighted by molar-refractivity contribution is 7.99. The Balaban J connectivity index is 2.43. The van der Waals surface area contributed by atoms with Gasteiger partial charge in [0.1, 0.15) is 6.33 Å². The van der Waals surface area contributed by atoms with Crippen LogP contribution in [-0.4, -0.2) is 35.7 Å². The minimum Gasteiger partial charge on any atom is -0.478 e. The van der Waals surface area contributed by atoms with Crippen LogP contribution in [0.1, 0.15) is 10.4 Å². The summed E-state index contributed by atoms with van der Waals surface area (Å²) in [6.45, 7) is 0. The molecule has 0 radical (unpaired) electrons. The van der Waals surface area contributed by atoms with Gasteiger partial charge in [0.15, 0.2) is 11.4 Å². The van der Waals surface area contributed by atoms with Crippen molar-refractivity contribution in [1.29, 1.82) is 0 Å². The molecule has 0 fully saturated rings. The smallest absolute Gasteiger partial charge is 0.364 e. The summed E-state index contributed by atoms with van der Waals surface area (Å²) in [5.41, 5.74) is -0.199. The molecule has 19 heavy (non-hydrogen) atoms. The van der Waals surface area contributed by atoms with Gasteiger partial charge in [-0.05, 0) is 21.7 Å². The van der Waals surface area contributed by atoms with Crippen LogP contribution in [0, 0.1) is 10.1 Å². The van der Waals surface area contributed by atoms with E-state index in [1.807, 2.05) is 0 Å². The van der Waals surface area contributed by atoms with E-state index in [1.165, 1.54) is 11.0 Å². The van der Waals surface area contributed by atoms with E-state index in [9.17, 15) is 14.9 Å². The quantitative estimate of drug-likeness (QED) is 0.649. The number of aryl methyl sites for hydroxylation is 1. The SMILES string of the molecule is Cn1ncnc1Sc1cnc([N+](=O)[O-])cc1C(=O)O. The van der Waals surface area contributed by atoms with E-state index in [0.29, 0.717) is 5.16 Å². The predicted octanol–water partition coefficient (Wildman–Crippen LogP) is 0.968. The molecule has 2 heterocycles. The fourth-order valence-electron chi connectivity index (χ4n) is 1.26. The molecule has 0 aliphatic rings. The van der Waals surface area contributed by atoms with Crippen molar-refractivity contribution in [3.8, 4) is 0 Å². The minimum atomic E-state index is -1.27. The Morgan fingerprint density at radius 3 is 2.79 bits per heavy atom. The highest BCUT2D eigenvalue weighted by Gasteiger charge is 2.20. The number of rotatable bonds is 4. The number of hydrogen-bond acceptors (Lipinski definition) is 7. The van der Waals surface area contributed by atoms with Crippen molar-refractivity contribution in [2.75, 3.05) is 0 Å². The van der Waals surface area contributed by atoms with E-state index >= 15 is 0 Å². The van der Waals surface area contributed by atoms with Crippen LogP contribution < -0.4 is 0 Å². The number of carboxylic acid groups (broad SMARTS) is 1. The lowest BCUT2D eigenvalue weighted by Gasteiger charge is -2.03. The summed E-state index contributed by atoms with van der Waals surface area (Å²) >= 11 is 1.02. The van der Waals surface area contributed by atoms with Gasteiger partial charge in [-0.15, -0.1) is 0 Å². The van der Waals surface area contributed by atoms with Crippen LogP contribution in [0.25, 0.3) is 0 Å². The molecule has 2 rings (SSSR count). The van der Waals surface area contributed by atoms with Gasteiger partial charge < -0.3 is 15.2 Å². The monoisotopic (exact) mass is 281 g/mol. The molecule has 2 aromatic rings. The highest BCUT2D eigenvalue weighted by Crippen LogP contribution is 2.29. The summed E-state index contributed by atoms with van der Waals surface area (Å²) in [4.78, 5) is 28.7. The minimum absolute atomic E-state index is 0.199. The van der Waals surface area contributed by atoms with Crippen molar-refractivity contribution in [2.24, 2.45) is 7.05 Å². The number of aromatic nitrogens is 4. The Hall–Kier alpha value is -2.49. The second kappa shape index (κ2) is 5.02. The third kappa shape index (κ3) is 2.68. The van der Waals surface area contributed by atoms with Gasteiger partial charge in [-0.1, -0.05) is 0 Å². The van der Waals surface area contributed by atoms with E-state index in [4.69, 9.17) is 5.11 Å². The third-order valence-corrected chi connectivity index (χ3v) is 3.24. The molecular weight excluding hydrogens is 274 g/mol. The van der Waals surface area contributed by atoms with Gasteiger partial charge in [-0.2, -0.15) is 5.10 Å². The summed E-state index contributed by atoms with van der Waals surface area (Å²) in [5.74, 6) is -1.78. The molecule has 0 atom stereocenters. The molecule has 0 aromatic carbocycles. The van der Waals surface area contributed by atoms with E-state index in [1.54, 1.807) is 7.05 Å². The molecule has 0 saturated carbocycles. The second-order valence-electron chi connectivity index (χ2n) is 3.37. The van der Waals surface area contributed by atoms with Crippen LogP contribution in [0.4, 0.5) is 5.82 Å². The average molecular weight is 281 g/mol. The number of carboxylic acids is 1. The zero-order chi connectivity index (χ0) is 14.0. The molecule has 9 nitrogen and oxygen atoms in total. The topological polar surface area (TPSA) is 124 Å². The van der Waals surface area contributed by atoms with Gasteiger partial charge in [0.2, 0.25) is 0 Å².